The van der Waals surface area contributed by atoms with Gasteiger partial charge in [0.25, 0.3) is 0 Å². The normalized spacial score (nSPS) is 16.6. The fourth-order valence-corrected chi connectivity index (χ4v) is 2.12. The maximum absolute atomic E-state index is 11.8. The van der Waals surface area contributed by atoms with Crippen LogP contribution in [0.15, 0.2) is 6.20 Å². The van der Waals surface area contributed by atoms with Crippen LogP contribution < -0.4 is 5.32 Å². The summed E-state index contributed by atoms with van der Waals surface area (Å²) >= 11 is 1.12. The van der Waals surface area contributed by atoms with Crippen molar-refractivity contribution in [2.45, 2.75) is 0 Å². The molecular formula is C9H13N5O3S. The number of piperazine rings is 1. The molecule has 1 aromatic rings. The van der Waals surface area contributed by atoms with E-state index in [1.54, 1.807) is 9.80 Å². The predicted molar refractivity (Wildman–Crippen MR) is 64.6 cm³/mol. The molecule has 0 unspecified atom stereocenters. The molecule has 0 spiro atoms. The van der Waals surface area contributed by atoms with Crippen LogP contribution in [-0.4, -0.2) is 69.2 Å². The number of hydrogen-bond donors (Lipinski definition) is 2. The van der Waals surface area contributed by atoms with Crippen LogP contribution in [0.4, 0.5) is 9.80 Å². The number of rotatable bonds is 3. The monoisotopic (exact) mass is 271 g/mol. The van der Waals surface area contributed by atoms with Gasteiger partial charge in [-0.3, -0.25) is 15.0 Å². The molecule has 0 aliphatic carbocycles. The molecule has 18 heavy (non-hydrogen) atoms. The van der Waals surface area contributed by atoms with Gasteiger partial charge >= 0.3 is 12.0 Å². The van der Waals surface area contributed by atoms with Crippen molar-refractivity contribution in [2.75, 3.05) is 38.0 Å². The van der Waals surface area contributed by atoms with Crippen molar-refractivity contribution in [3.05, 3.63) is 6.20 Å². The second kappa shape index (κ2) is 5.74. The second-order valence-electron chi connectivity index (χ2n) is 3.87. The van der Waals surface area contributed by atoms with Gasteiger partial charge in [-0.15, -0.1) is 5.10 Å². The Morgan fingerprint density at radius 1 is 1.39 bits per heavy atom. The molecule has 0 atom stereocenters. The third-order valence-electron chi connectivity index (χ3n) is 2.61. The Morgan fingerprint density at radius 2 is 2.11 bits per heavy atom. The standard InChI is InChI=1S/C9H13N5O3S/c15-8(16)6-13-1-3-14(4-2-13)9(17)11-7-5-10-12-18-7/h5H,1-4,6H2,(H,11,17)(H,15,16). The molecule has 0 bridgehead atoms. The highest BCUT2D eigenvalue weighted by Crippen LogP contribution is 2.11. The fraction of sp³-hybridized carbons (Fsp3) is 0.556. The summed E-state index contributed by atoms with van der Waals surface area (Å²) in [5, 5.41) is 15.6. The number of carboxylic acids is 1. The van der Waals surface area contributed by atoms with E-state index in [1.807, 2.05) is 0 Å². The third kappa shape index (κ3) is 3.37. The molecule has 1 aromatic heterocycles. The maximum atomic E-state index is 11.8. The molecule has 2 N–H and O–H groups in total. The molecule has 0 saturated carbocycles. The van der Waals surface area contributed by atoms with Crippen molar-refractivity contribution in [1.29, 1.82) is 0 Å². The van der Waals surface area contributed by atoms with Gasteiger partial charge in [-0.1, -0.05) is 4.49 Å². The molecule has 1 aliphatic rings. The first-order valence-electron chi connectivity index (χ1n) is 5.42. The number of carboxylic acid groups (broad SMARTS) is 1. The number of urea groups is 1. The Balaban J connectivity index is 1.79. The topological polar surface area (TPSA) is 98.7 Å². The van der Waals surface area contributed by atoms with E-state index in [4.69, 9.17) is 5.11 Å². The van der Waals surface area contributed by atoms with Gasteiger partial charge in [0, 0.05) is 37.7 Å². The van der Waals surface area contributed by atoms with Gasteiger partial charge in [0.15, 0.2) is 0 Å². The number of carbonyl (C=O) groups excluding carboxylic acids is 1. The summed E-state index contributed by atoms with van der Waals surface area (Å²) in [5.74, 6) is -0.844. The Hall–Kier alpha value is -1.74. The average molecular weight is 271 g/mol. The number of amides is 2. The van der Waals surface area contributed by atoms with Gasteiger partial charge in [0.05, 0.1) is 12.7 Å². The lowest BCUT2D eigenvalue weighted by atomic mass is 10.3. The highest BCUT2D eigenvalue weighted by atomic mass is 32.1. The number of aromatic nitrogens is 2. The van der Waals surface area contributed by atoms with Crippen molar-refractivity contribution >= 4 is 28.5 Å². The van der Waals surface area contributed by atoms with Crippen molar-refractivity contribution in [3.63, 3.8) is 0 Å². The lowest BCUT2D eigenvalue weighted by Crippen LogP contribution is -2.51. The van der Waals surface area contributed by atoms with E-state index in [9.17, 15) is 9.59 Å². The van der Waals surface area contributed by atoms with E-state index in [2.05, 4.69) is 14.9 Å². The number of hydrogen-bond acceptors (Lipinski definition) is 6. The van der Waals surface area contributed by atoms with E-state index in [-0.39, 0.29) is 12.6 Å². The minimum Gasteiger partial charge on any atom is -0.480 e. The summed E-state index contributed by atoms with van der Waals surface area (Å²) in [6.07, 6.45) is 1.49. The molecule has 9 heteroatoms. The Kier molecular flexibility index (Phi) is 4.05. The molecule has 98 valence electrons. The van der Waals surface area contributed by atoms with Crippen LogP contribution in [0.5, 0.6) is 0 Å². The number of aliphatic carboxylic acids is 1. The quantitative estimate of drug-likeness (QED) is 0.788. The SMILES string of the molecule is O=C(O)CN1CCN(C(=O)Nc2cnns2)CC1. The van der Waals surface area contributed by atoms with Crippen LogP contribution in [0, 0.1) is 0 Å². The first-order valence-corrected chi connectivity index (χ1v) is 6.20. The third-order valence-corrected chi connectivity index (χ3v) is 3.19. The largest absolute Gasteiger partial charge is 0.480 e. The van der Waals surface area contributed by atoms with Crippen LogP contribution in [0.2, 0.25) is 0 Å². The minimum atomic E-state index is -0.844. The number of carbonyl (C=O) groups is 2. The lowest BCUT2D eigenvalue weighted by Gasteiger charge is -2.33. The summed E-state index contributed by atoms with van der Waals surface area (Å²) in [6.45, 7) is 2.20. The van der Waals surface area contributed by atoms with E-state index in [0.29, 0.717) is 31.2 Å². The van der Waals surface area contributed by atoms with Gasteiger partial charge in [-0.2, -0.15) is 0 Å². The van der Waals surface area contributed by atoms with Gasteiger partial charge in [-0.25, -0.2) is 4.79 Å². The number of nitrogens with zero attached hydrogens (tertiary/aromatic N) is 4. The summed E-state index contributed by atoms with van der Waals surface area (Å²) in [5.41, 5.74) is 0. The van der Waals surface area contributed by atoms with Crippen LogP contribution in [-0.2, 0) is 4.79 Å². The predicted octanol–water partition coefficient (Wildman–Crippen LogP) is -0.228. The van der Waals surface area contributed by atoms with Crippen LogP contribution in [0.3, 0.4) is 0 Å². The molecule has 1 aliphatic heterocycles. The van der Waals surface area contributed by atoms with Gasteiger partial charge < -0.3 is 10.0 Å². The average Bonchev–Trinajstić information content (AvgIpc) is 2.82. The Morgan fingerprint density at radius 3 is 2.67 bits per heavy atom. The molecule has 2 amide bonds. The Labute approximate surface area is 107 Å². The van der Waals surface area contributed by atoms with E-state index in [0.717, 1.165) is 11.5 Å². The van der Waals surface area contributed by atoms with Crippen molar-refractivity contribution in [2.24, 2.45) is 0 Å². The van der Waals surface area contributed by atoms with Gasteiger partial charge in [-0.05, 0) is 0 Å². The van der Waals surface area contributed by atoms with Crippen LogP contribution in [0.25, 0.3) is 0 Å². The second-order valence-corrected chi connectivity index (χ2v) is 4.65. The molecular weight excluding hydrogens is 258 g/mol. The van der Waals surface area contributed by atoms with Crippen molar-refractivity contribution < 1.29 is 14.7 Å². The zero-order valence-corrected chi connectivity index (χ0v) is 10.4. The summed E-state index contributed by atoms with van der Waals surface area (Å²) < 4.78 is 3.65. The zero-order valence-electron chi connectivity index (χ0n) is 9.57. The molecule has 1 saturated heterocycles. The highest BCUT2D eigenvalue weighted by molar-refractivity contribution is 7.10. The minimum absolute atomic E-state index is 0.0220. The van der Waals surface area contributed by atoms with Crippen LogP contribution in [0.1, 0.15) is 0 Å². The van der Waals surface area contributed by atoms with Gasteiger partial charge in [0.1, 0.15) is 5.00 Å². The smallest absolute Gasteiger partial charge is 0.322 e. The Bertz CT molecular complexity index is 416. The fourth-order valence-electron chi connectivity index (χ4n) is 1.71. The maximum Gasteiger partial charge on any atom is 0.322 e. The van der Waals surface area contributed by atoms with Gasteiger partial charge in [0.2, 0.25) is 0 Å². The van der Waals surface area contributed by atoms with Crippen LogP contribution >= 0.6 is 11.5 Å². The highest BCUT2D eigenvalue weighted by Gasteiger charge is 2.22. The molecule has 0 aromatic carbocycles. The molecule has 2 rings (SSSR count). The molecule has 0 radical (unpaired) electrons. The molecule has 8 nitrogen and oxygen atoms in total. The lowest BCUT2D eigenvalue weighted by molar-refractivity contribution is -0.138. The zero-order chi connectivity index (χ0) is 13.0. The molecule has 2 heterocycles. The van der Waals surface area contributed by atoms with Crippen molar-refractivity contribution in [1.82, 2.24) is 19.4 Å². The number of anilines is 1. The number of nitrogens with one attached hydrogen (secondary N) is 1. The molecule has 1 fully saturated rings. The summed E-state index contributed by atoms with van der Waals surface area (Å²) in [4.78, 5) is 25.8. The van der Waals surface area contributed by atoms with Crippen molar-refractivity contribution in [3.8, 4) is 0 Å². The summed E-state index contributed by atoms with van der Waals surface area (Å²) in [7, 11) is 0. The van der Waals surface area contributed by atoms with E-state index < -0.39 is 5.97 Å². The summed E-state index contributed by atoms with van der Waals surface area (Å²) in [6, 6.07) is -0.198. The van der Waals surface area contributed by atoms with E-state index in [1.165, 1.54) is 6.20 Å². The van der Waals surface area contributed by atoms with E-state index >= 15 is 0 Å². The first kappa shape index (κ1) is 12.7. The first-order chi connectivity index (χ1) is 8.65.